The van der Waals surface area contributed by atoms with Gasteiger partial charge in [0.2, 0.25) is 0 Å². The van der Waals surface area contributed by atoms with E-state index >= 15 is 0 Å². The third-order valence-corrected chi connectivity index (χ3v) is 2.79. The van der Waals surface area contributed by atoms with Gasteiger partial charge < -0.3 is 9.73 Å². The topological polar surface area (TPSA) is 55.4 Å². The van der Waals surface area contributed by atoms with Crippen molar-refractivity contribution in [3.05, 3.63) is 37.1 Å². The van der Waals surface area contributed by atoms with Gasteiger partial charge in [0.25, 0.3) is 0 Å². The van der Waals surface area contributed by atoms with E-state index < -0.39 is 0 Å². The summed E-state index contributed by atoms with van der Waals surface area (Å²) in [5, 5.41) is 7.71. The average Bonchev–Trinajstić information content (AvgIpc) is 3.04. The summed E-state index contributed by atoms with van der Waals surface area (Å²) in [6, 6.07) is 3.83. The van der Waals surface area contributed by atoms with Gasteiger partial charge in [-0.1, -0.05) is 6.92 Å². The highest BCUT2D eigenvalue weighted by Gasteiger charge is 2.10. The minimum atomic E-state index is 0.831. The highest BCUT2D eigenvalue weighted by atomic mass is 16.3. The molecule has 0 radical (unpaired) electrons. The smallest absolute Gasteiger partial charge is 0.165 e. The van der Waals surface area contributed by atoms with Crippen molar-refractivity contribution in [1.82, 2.24) is 14.6 Å². The van der Waals surface area contributed by atoms with Crippen LogP contribution in [0.2, 0.25) is 0 Å². The van der Waals surface area contributed by atoms with Gasteiger partial charge in [0, 0.05) is 23.9 Å². The van der Waals surface area contributed by atoms with Gasteiger partial charge in [-0.3, -0.25) is 0 Å². The van der Waals surface area contributed by atoms with Crippen LogP contribution in [0.4, 0.5) is 5.82 Å². The fraction of sp³-hybridized carbons (Fsp3) is 0.231. The zero-order valence-electron chi connectivity index (χ0n) is 10.1. The number of rotatable bonds is 4. The molecule has 3 aromatic rings. The van der Waals surface area contributed by atoms with Crippen LogP contribution in [-0.4, -0.2) is 21.1 Å². The molecule has 0 spiro atoms. The van der Waals surface area contributed by atoms with E-state index in [2.05, 4.69) is 22.3 Å². The predicted molar refractivity (Wildman–Crippen MR) is 69.5 cm³/mol. The van der Waals surface area contributed by atoms with Crippen molar-refractivity contribution in [1.29, 1.82) is 0 Å². The molecule has 0 unspecified atom stereocenters. The highest BCUT2D eigenvalue weighted by Crippen LogP contribution is 2.24. The van der Waals surface area contributed by atoms with Crippen LogP contribution in [0.25, 0.3) is 16.8 Å². The third kappa shape index (κ3) is 1.73. The lowest BCUT2D eigenvalue weighted by atomic mass is 10.2. The van der Waals surface area contributed by atoms with Crippen LogP contribution >= 0.6 is 0 Å². The number of furan rings is 1. The monoisotopic (exact) mass is 242 g/mol. The largest absolute Gasteiger partial charge is 0.472 e. The van der Waals surface area contributed by atoms with Crippen molar-refractivity contribution in [2.45, 2.75) is 13.3 Å². The first-order valence-corrected chi connectivity index (χ1v) is 5.99. The van der Waals surface area contributed by atoms with Crippen LogP contribution in [-0.2, 0) is 0 Å². The van der Waals surface area contributed by atoms with E-state index in [9.17, 15) is 0 Å². The van der Waals surface area contributed by atoms with Crippen molar-refractivity contribution >= 4 is 11.5 Å². The van der Waals surface area contributed by atoms with Crippen molar-refractivity contribution in [2.24, 2.45) is 0 Å². The van der Waals surface area contributed by atoms with E-state index in [1.807, 2.05) is 22.8 Å². The van der Waals surface area contributed by atoms with Crippen LogP contribution in [0.3, 0.4) is 0 Å². The van der Waals surface area contributed by atoms with Crippen molar-refractivity contribution in [2.75, 3.05) is 11.9 Å². The lowest BCUT2D eigenvalue weighted by molar-refractivity contribution is 0.568. The summed E-state index contributed by atoms with van der Waals surface area (Å²) in [5.74, 6) is 0.955. The van der Waals surface area contributed by atoms with Crippen LogP contribution < -0.4 is 5.32 Å². The summed E-state index contributed by atoms with van der Waals surface area (Å²) in [7, 11) is 0. The maximum atomic E-state index is 5.10. The van der Waals surface area contributed by atoms with E-state index in [0.717, 1.165) is 35.6 Å². The maximum absolute atomic E-state index is 5.10. The average molecular weight is 242 g/mol. The predicted octanol–water partition coefficient (Wildman–Crippen LogP) is 2.81. The van der Waals surface area contributed by atoms with Gasteiger partial charge in [0.15, 0.2) is 5.65 Å². The minimum Gasteiger partial charge on any atom is -0.472 e. The molecule has 1 N–H and O–H groups in total. The van der Waals surface area contributed by atoms with Crippen LogP contribution in [0, 0.1) is 0 Å². The molecule has 0 aliphatic heterocycles. The summed E-state index contributed by atoms with van der Waals surface area (Å²) >= 11 is 0. The van der Waals surface area contributed by atoms with Gasteiger partial charge in [-0.15, -0.1) is 0 Å². The molecule has 0 aliphatic rings. The van der Waals surface area contributed by atoms with Gasteiger partial charge in [0.1, 0.15) is 5.82 Å². The summed E-state index contributed by atoms with van der Waals surface area (Å²) in [6.45, 7) is 3.05. The summed E-state index contributed by atoms with van der Waals surface area (Å²) in [6.07, 6.45) is 8.02. The molecule has 5 heteroatoms. The molecule has 92 valence electrons. The second-order valence-electron chi connectivity index (χ2n) is 4.06. The van der Waals surface area contributed by atoms with Crippen molar-refractivity contribution in [3.8, 4) is 11.1 Å². The fourth-order valence-corrected chi connectivity index (χ4v) is 1.90. The molecular weight excluding hydrogens is 228 g/mol. The number of aromatic nitrogens is 3. The van der Waals surface area contributed by atoms with E-state index in [0.29, 0.717) is 0 Å². The fourth-order valence-electron chi connectivity index (χ4n) is 1.90. The Kier molecular flexibility index (Phi) is 2.72. The molecule has 3 heterocycles. The van der Waals surface area contributed by atoms with Crippen molar-refractivity contribution in [3.63, 3.8) is 0 Å². The Balaban J connectivity index is 2.09. The molecule has 0 saturated carbocycles. The van der Waals surface area contributed by atoms with Gasteiger partial charge >= 0.3 is 0 Å². The molecule has 0 bridgehead atoms. The molecule has 0 amide bonds. The summed E-state index contributed by atoms with van der Waals surface area (Å²) < 4.78 is 6.92. The Labute approximate surface area is 104 Å². The van der Waals surface area contributed by atoms with Crippen LogP contribution in [0.5, 0.6) is 0 Å². The number of nitrogens with one attached hydrogen (secondary N) is 1. The molecular formula is C13H14N4O. The standard InChI is InChI=1S/C13H14N4O/c1-2-5-14-12-3-6-15-13-11(8-16-17(12)13)10-4-7-18-9-10/h3-4,6-9,14H,2,5H2,1H3. The first-order chi connectivity index (χ1) is 8.90. The number of nitrogens with zero attached hydrogens (tertiary/aromatic N) is 3. The molecule has 0 atom stereocenters. The zero-order valence-corrected chi connectivity index (χ0v) is 10.1. The van der Waals surface area contributed by atoms with E-state index in [4.69, 9.17) is 4.42 Å². The second kappa shape index (κ2) is 4.52. The summed E-state index contributed by atoms with van der Waals surface area (Å²) in [5.41, 5.74) is 2.80. The van der Waals surface area contributed by atoms with Gasteiger partial charge in [-0.2, -0.15) is 9.61 Å². The first kappa shape index (κ1) is 10.8. The maximum Gasteiger partial charge on any atom is 0.165 e. The number of fused-ring (bicyclic) bond motifs is 1. The second-order valence-corrected chi connectivity index (χ2v) is 4.06. The Bertz CT molecular complexity index is 642. The molecule has 3 aromatic heterocycles. The normalized spacial score (nSPS) is 10.9. The van der Waals surface area contributed by atoms with Crippen LogP contribution in [0.1, 0.15) is 13.3 Å². The van der Waals surface area contributed by atoms with Gasteiger partial charge in [-0.25, -0.2) is 4.98 Å². The molecule has 3 rings (SSSR count). The Morgan fingerprint density at radius 1 is 1.39 bits per heavy atom. The highest BCUT2D eigenvalue weighted by molar-refractivity contribution is 5.77. The third-order valence-electron chi connectivity index (χ3n) is 2.79. The quantitative estimate of drug-likeness (QED) is 0.764. The Morgan fingerprint density at radius 2 is 2.33 bits per heavy atom. The first-order valence-electron chi connectivity index (χ1n) is 5.99. The Morgan fingerprint density at radius 3 is 3.11 bits per heavy atom. The van der Waals surface area contributed by atoms with E-state index in [1.165, 1.54) is 0 Å². The zero-order chi connectivity index (χ0) is 12.4. The van der Waals surface area contributed by atoms with E-state index in [1.54, 1.807) is 18.7 Å². The SMILES string of the molecule is CCCNc1ccnc2c(-c3ccoc3)cnn12. The lowest BCUT2D eigenvalue weighted by Crippen LogP contribution is -2.06. The van der Waals surface area contributed by atoms with Crippen LogP contribution in [0.15, 0.2) is 41.5 Å². The molecule has 0 fully saturated rings. The minimum absolute atomic E-state index is 0.831. The lowest BCUT2D eigenvalue weighted by Gasteiger charge is -2.06. The molecule has 0 aliphatic carbocycles. The van der Waals surface area contributed by atoms with E-state index in [-0.39, 0.29) is 0 Å². The molecule has 18 heavy (non-hydrogen) atoms. The van der Waals surface area contributed by atoms with Gasteiger partial charge in [-0.05, 0) is 18.6 Å². The number of hydrogen-bond acceptors (Lipinski definition) is 4. The molecule has 5 nitrogen and oxygen atoms in total. The van der Waals surface area contributed by atoms with Crippen molar-refractivity contribution < 1.29 is 4.42 Å². The Hall–Kier alpha value is -2.30. The molecule has 0 aromatic carbocycles. The van der Waals surface area contributed by atoms with Gasteiger partial charge in [0.05, 0.1) is 18.7 Å². The molecule has 0 saturated heterocycles. The number of anilines is 1. The number of hydrogen-bond donors (Lipinski definition) is 1. The summed E-state index contributed by atoms with van der Waals surface area (Å²) in [4.78, 5) is 4.38.